The summed E-state index contributed by atoms with van der Waals surface area (Å²) in [7, 11) is 0. The maximum Gasteiger partial charge on any atom is 0.143 e. The van der Waals surface area contributed by atoms with Crippen LogP contribution in [0.5, 0.6) is 0 Å². The largest absolute Gasteiger partial charge is 0.455 e. The number of fused-ring (bicyclic) bond motifs is 6. The quantitative estimate of drug-likeness (QED) is 0.144. The Kier molecular flexibility index (Phi) is 9.84. The molecule has 0 N–H and O–H groups in total. The van der Waals surface area contributed by atoms with Crippen LogP contribution < -0.4 is 4.90 Å². The maximum absolute atomic E-state index is 6.35. The van der Waals surface area contributed by atoms with Gasteiger partial charge in [0, 0.05) is 49.9 Å². The van der Waals surface area contributed by atoms with Crippen molar-refractivity contribution in [3.8, 4) is 61.3 Å². The van der Waals surface area contributed by atoms with E-state index in [4.69, 9.17) is 4.42 Å². The van der Waals surface area contributed by atoms with Gasteiger partial charge in [-0.3, -0.25) is 0 Å². The van der Waals surface area contributed by atoms with Crippen LogP contribution in [0.3, 0.4) is 0 Å². The monoisotopic (exact) mass is 880 g/mol. The van der Waals surface area contributed by atoms with E-state index in [1.54, 1.807) is 0 Å². The van der Waals surface area contributed by atoms with Crippen molar-refractivity contribution in [1.29, 1.82) is 0 Å². The lowest BCUT2D eigenvalue weighted by molar-refractivity contribution is 0.670. The van der Waals surface area contributed by atoms with Gasteiger partial charge in [0.05, 0.1) is 11.0 Å². The molecule has 0 aliphatic rings. The van der Waals surface area contributed by atoms with E-state index >= 15 is 0 Å². The number of benzene rings is 11. The molecule has 69 heavy (non-hydrogen) atoms. The molecule has 11 aromatic carbocycles. The van der Waals surface area contributed by atoms with Gasteiger partial charge in [-0.05, 0) is 123 Å². The molecule has 0 saturated heterocycles. The Labute approximate surface area is 401 Å². The highest BCUT2D eigenvalue weighted by Crippen LogP contribution is 2.41. The number of hydrogen-bond acceptors (Lipinski definition) is 2. The third kappa shape index (κ3) is 7.25. The van der Waals surface area contributed by atoms with Gasteiger partial charge in [0.15, 0.2) is 0 Å². The van der Waals surface area contributed by atoms with E-state index in [-0.39, 0.29) is 0 Å². The highest BCUT2D eigenvalue weighted by Gasteiger charge is 2.17. The smallest absolute Gasteiger partial charge is 0.143 e. The third-order valence-corrected chi connectivity index (χ3v) is 13.7. The number of anilines is 3. The molecule has 324 valence electrons. The predicted octanol–water partition coefficient (Wildman–Crippen LogP) is 18.5. The molecule has 0 amide bonds. The lowest BCUT2D eigenvalue weighted by Gasteiger charge is -2.26. The van der Waals surface area contributed by atoms with Crippen LogP contribution in [0, 0.1) is 0 Å². The Bertz CT molecular complexity index is 3860. The predicted molar refractivity (Wildman–Crippen MR) is 290 cm³/mol. The van der Waals surface area contributed by atoms with Crippen LogP contribution >= 0.6 is 0 Å². The zero-order chi connectivity index (χ0) is 45.7. The Morgan fingerprint density at radius 1 is 0.275 bits per heavy atom. The van der Waals surface area contributed by atoms with E-state index in [9.17, 15) is 0 Å². The van der Waals surface area contributed by atoms with E-state index in [2.05, 4.69) is 264 Å². The van der Waals surface area contributed by atoms with Gasteiger partial charge in [-0.25, -0.2) is 0 Å². The second-order valence-corrected chi connectivity index (χ2v) is 17.7. The summed E-state index contributed by atoms with van der Waals surface area (Å²) in [5, 5.41) is 4.75. The van der Waals surface area contributed by atoms with Crippen LogP contribution in [0.4, 0.5) is 17.1 Å². The fourth-order valence-electron chi connectivity index (χ4n) is 10.2. The van der Waals surface area contributed by atoms with Crippen molar-refractivity contribution < 1.29 is 4.42 Å². The molecule has 0 spiro atoms. The summed E-state index contributed by atoms with van der Waals surface area (Å²) in [5.41, 5.74) is 20.4. The number of rotatable bonds is 9. The van der Waals surface area contributed by atoms with Gasteiger partial charge in [-0.1, -0.05) is 194 Å². The summed E-state index contributed by atoms with van der Waals surface area (Å²) in [6, 6.07) is 96.0. The summed E-state index contributed by atoms with van der Waals surface area (Å²) >= 11 is 0. The van der Waals surface area contributed by atoms with Gasteiger partial charge in [0.2, 0.25) is 0 Å². The number of para-hydroxylation sites is 3. The first kappa shape index (κ1) is 40.1. The average Bonchev–Trinajstić information content (AvgIpc) is 3.98. The zero-order valence-electron chi connectivity index (χ0n) is 37.7. The van der Waals surface area contributed by atoms with E-state index < -0.39 is 0 Å². The van der Waals surface area contributed by atoms with E-state index in [1.807, 2.05) is 12.1 Å². The van der Waals surface area contributed by atoms with Gasteiger partial charge in [0.1, 0.15) is 11.2 Å². The van der Waals surface area contributed by atoms with Gasteiger partial charge in [-0.15, -0.1) is 0 Å². The third-order valence-electron chi connectivity index (χ3n) is 13.7. The van der Waals surface area contributed by atoms with Crippen LogP contribution in [0.1, 0.15) is 0 Å². The second-order valence-electron chi connectivity index (χ2n) is 17.7. The van der Waals surface area contributed by atoms with Crippen LogP contribution in [0.25, 0.3) is 105 Å². The van der Waals surface area contributed by atoms with Crippen molar-refractivity contribution in [2.75, 3.05) is 4.90 Å². The molecule has 3 nitrogen and oxygen atoms in total. The molecule has 0 saturated carbocycles. The maximum atomic E-state index is 6.35. The molecule has 13 rings (SSSR count). The van der Waals surface area contributed by atoms with Crippen molar-refractivity contribution >= 4 is 60.8 Å². The van der Waals surface area contributed by atoms with Crippen LogP contribution in [-0.4, -0.2) is 4.57 Å². The summed E-state index contributed by atoms with van der Waals surface area (Å²) in [6.07, 6.45) is 0. The summed E-state index contributed by atoms with van der Waals surface area (Å²) in [6.45, 7) is 0. The molecular formula is C66H44N2O. The van der Waals surface area contributed by atoms with Crippen molar-refractivity contribution in [1.82, 2.24) is 4.57 Å². The number of hydrogen-bond donors (Lipinski definition) is 0. The first-order chi connectivity index (χ1) is 34.2. The van der Waals surface area contributed by atoms with Gasteiger partial charge >= 0.3 is 0 Å². The van der Waals surface area contributed by atoms with Crippen LogP contribution in [0.15, 0.2) is 271 Å². The standard InChI is InChI=1S/C66H44N2O/c1-3-12-45(13-4-1)48-26-35-54(36-27-48)67(55-37-28-49(29-38-55)46-14-5-2-6-15-46)56-39-32-51(33-40-56)53-34-43-64-62(44-53)59-16-7-9-20-63(59)68(64)57-41-30-50(31-42-57)47-22-24-52(25-23-47)58-18-11-19-61-60-17-8-10-21-65(60)69-66(58)61/h1-44H. The lowest BCUT2D eigenvalue weighted by atomic mass is 9.98. The second kappa shape index (κ2) is 16.9. The first-order valence-corrected chi connectivity index (χ1v) is 23.6. The van der Waals surface area contributed by atoms with Crippen molar-refractivity contribution in [2.45, 2.75) is 0 Å². The number of furan rings is 1. The Balaban J connectivity index is 0.805. The molecule has 0 fully saturated rings. The summed E-state index contributed by atoms with van der Waals surface area (Å²) in [4.78, 5) is 2.34. The lowest BCUT2D eigenvalue weighted by Crippen LogP contribution is -2.09. The molecule has 2 aromatic heterocycles. The minimum absolute atomic E-state index is 0.914. The Hall–Kier alpha value is -9.18. The summed E-state index contributed by atoms with van der Waals surface area (Å²) < 4.78 is 8.74. The molecule has 13 aromatic rings. The topological polar surface area (TPSA) is 21.3 Å². The van der Waals surface area contributed by atoms with Crippen molar-refractivity contribution in [2.24, 2.45) is 0 Å². The van der Waals surface area contributed by atoms with Crippen molar-refractivity contribution in [3.63, 3.8) is 0 Å². The molecule has 0 aliphatic carbocycles. The molecular weight excluding hydrogens is 837 g/mol. The van der Waals surface area contributed by atoms with Gasteiger partial charge < -0.3 is 13.9 Å². The average molecular weight is 881 g/mol. The molecule has 0 unspecified atom stereocenters. The van der Waals surface area contributed by atoms with Crippen molar-refractivity contribution in [3.05, 3.63) is 267 Å². The fourth-order valence-corrected chi connectivity index (χ4v) is 10.2. The number of aromatic nitrogens is 1. The zero-order valence-corrected chi connectivity index (χ0v) is 37.7. The van der Waals surface area contributed by atoms with E-state index in [0.29, 0.717) is 0 Å². The van der Waals surface area contributed by atoms with E-state index in [0.717, 1.165) is 55.8 Å². The molecule has 0 aliphatic heterocycles. The summed E-state index contributed by atoms with van der Waals surface area (Å²) in [5.74, 6) is 0. The SMILES string of the molecule is c1ccc(-c2ccc(N(c3ccc(-c4ccccc4)cc3)c3ccc(-c4ccc5c(c4)c4ccccc4n5-c4ccc(-c5ccc(-c6cccc7c6oc6ccccc67)cc5)cc4)cc3)cc2)cc1. The molecule has 0 atom stereocenters. The van der Waals surface area contributed by atoms with Gasteiger partial charge in [0.25, 0.3) is 0 Å². The molecule has 0 bridgehead atoms. The molecule has 3 heteroatoms. The normalized spacial score (nSPS) is 11.5. The highest BCUT2D eigenvalue weighted by molar-refractivity contribution is 6.11. The highest BCUT2D eigenvalue weighted by atomic mass is 16.3. The molecule has 0 radical (unpaired) electrons. The van der Waals surface area contributed by atoms with Gasteiger partial charge in [-0.2, -0.15) is 0 Å². The van der Waals surface area contributed by atoms with Crippen LogP contribution in [-0.2, 0) is 0 Å². The fraction of sp³-hybridized carbons (Fsp3) is 0. The van der Waals surface area contributed by atoms with E-state index in [1.165, 1.54) is 66.3 Å². The Morgan fingerprint density at radius 3 is 1.29 bits per heavy atom. The van der Waals surface area contributed by atoms with Crippen LogP contribution in [0.2, 0.25) is 0 Å². The molecule has 2 heterocycles. The minimum Gasteiger partial charge on any atom is -0.455 e. The minimum atomic E-state index is 0.914. The Morgan fingerprint density at radius 2 is 0.696 bits per heavy atom. The first-order valence-electron chi connectivity index (χ1n) is 23.6. The number of nitrogens with zero attached hydrogens (tertiary/aromatic N) is 2.